The SMILES string of the molecule is Cc1ccccc1-c1c(Cl)sc2[nH]c(=O)c(-c3ccccc3)c(O)c12. The van der Waals surface area contributed by atoms with Crippen LogP contribution in [-0.2, 0) is 0 Å². The minimum Gasteiger partial charge on any atom is -0.506 e. The second-order valence-electron chi connectivity index (χ2n) is 5.81. The largest absolute Gasteiger partial charge is 0.506 e. The third-order valence-electron chi connectivity index (χ3n) is 4.27. The third-order valence-corrected chi connectivity index (χ3v) is 5.58. The highest BCUT2D eigenvalue weighted by molar-refractivity contribution is 7.23. The number of pyridine rings is 1. The molecular weight excluding hydrogens is 354 g/mol. The Morgan fingerprint density at radius 3 is 2.40 bits per heavy atom. The Kier molecular flexibility index (Phi) is 3.86. The topological polar surface area (TPSA) is 53.1 Å². The van der Waals surface area contributed by atoms with Crippen LogP contribution in [0.15, 0.2) is 59.4 Å². The number of aromatic amines is 1. The van der Waals surface area contributed by atoms with Crippen molar-refractivity contribution in [2.24, 2.45) is 0 Å². The summed E-state index contributed by atoms with van der Waals surface area (Å²) in [6.45, 7) is 2.00. The Bertz CT molecular complexity index is 1150. The maximum absolute atomic E-state index is 12.5. The first-order chi connectivity index (χ1) is 12.1. The monoisotopic (exact) mass is 367 g/mol. The van der Waals surface area contributed by atoms with Gasteiger partial charge in [0.1, 0.15) is 14.9 Å². The lowest BCUT2D eigenvalue weighted by Crippen LogP contribution is -2.08. The number of benzene rings is 2. The van der Waals surface area contributed by atoms with Crippen molar-refractivity contribution in [2.75, 3.05) is 0 Å². The smallest absolute Gasteiger partial charge is 0.260 e. The molecule has 0 fully saturated rings. The number of aromatic nitrogens is 1. The van der Waals surface area contributed by atoms with Gasteiger partial charge in [0.05, 0.1) is 10.9 Å². The van der Waals surface area contributed by atoms with E-state index in [1.165, 1.54) is 11.3 Å². The molecule has 4 rings (SSSR count). The van der Waals surface area contributed by atoms with Crippen molar-refractivity contribution in [1.29, 1.82) is 0 Å². The summed E-state index contributed by atoms with van der Waals surface area (Å²) in [7, 11) is 0. The van der Waals surface area contributed by atoms with Gasteiger partial charge in [-0.3, -0.25) is 4.79 Å². The molecule has 2 aromatic heterocycles. The Morgan fingerprint density at radius 2 is 1.68 bits per heavy atom. The molecule has 25 heavy (non-hydrogen) atoms. The zero-order chi connectivity index (χ0) is 17.6. The second-order valence-corrected chi connectivity index (χ2v) is 7.44. The van der Waals surface area contributed by atoms with Crippen LogP contribution >= 0.6 is 22.9 Å². The normalized spacial score (nSPS) is 11.1. The van der Waals surface area contributed by atoms with Gasteiger partial charge < -0.3 is 10.1 Å². The maximum Gasteiger partial charge on any atom is 0.260 e. The van der Waals surface area contributed by atoms with Crippen molar-refractivity contribution >= 4 is 33.2 Å². The van der Waals surface area contributed by atoms with Gasteiger partial charge in [0.15, 0.2) is 0 Å². The highest BCUT2D eigenvalue weighted by Gasteiger charge is 2.22. The summed E-state index contributed by atoms with van der Waals surface area (Å²) in [6.07, 6.45) is 0. The fraction of sp³-hybridized carbons (Fsp3) is 0.0500. The van der Waals surface area contributed by atoms with E-state index >= 15 is 0 Å². The molecule has 0 bridgehead atoms. The molecule has 2 heterocycles. The molecule has 0 saturated heterocycles. The molecule has 5 heteroatoms. The van der Waals surface area contributed by atoms with E-state index in [2.05, 4.69) is 4.98 Å². The molecule has 0 aliphatic rings. The van der Waals surface area contributed by atoms with E-state index in [0.29, 0.717) is 20.1 Å². The van der Waals surface area contributed by atoms with Gasteiger partial charge in [0.2, 0.25) is 0 Å². The fourth-order valence-electron chi connectivity index (χ4n) is 3.08. The molecule has 0 spiro atoms. The summed E-state index contributed by atoms with van der Waals surface area (Å²) < 4.78 is 0.542. The molecule has 0 saturated carbocycles. The van der Waals surface area contributed by atoms with Crippen LogP contribution in [0.5, 0.6) is 5.75 Å². The molecule has 124 valence electrons. The van der Waals surface area contributed by atoms with E-state index in [9.17, 15) is 9.90 Å². The lowest BCUT2D eigenvalue weighted by molar-refractivity contribution is 0.483. The van der Waals surface area contributed by atoms with Crippen molar-refractivity contribution in [1.82, 2.24) is 4.98 Å². The lowest BCUT2D eigenvalue weighted by Gasteiger charge is -2.09. The van der Waals surface area contributed by atoms with Crippen LogP contribution in [0, 0.1) is 6.92 Å². The molecule has 2 N–H and O–H groups in total. The zero-order valence-electron chi connectivity index (χ0n) is 13.3. The fourth-order valence-corrected chi connectivity index (χ4v) is 4.45. The number of hydrogen-bond acceptors (Lipinski definition) is 3. The minimum atomic E-state index is -0.328. The second kappa shape index (κ2) is 6.06. The quantitative estimate of drug-likeness (QED) is 0.485. The van der Waals surface area contributed by atoms with Crippen molar-refractivity contribution in [3.8, 4) is 28.0 Å². The number of aryl methyl sites for hydroxylation is 1. The van der Waals surface area contributed by atoms with E-state index in [1.807, 2.05) is 49.4 Å². The Hall–Kier alpha value is -2.56. The van der Waals surface area contributed by atoms with Gasteiger partial charge in [0.25, 0.3) is 5.56 Å². The van der Waals surface area contributed by atoms with Crippen molar-refractivity contribution in [2.45, 2.75) is 6.92 Å². The number of H-pyrrole nitrogens is 1. The van der Waals surface area contributed by atoms with Crippen molar-refractivity contribution in [3.05, 3.63) is 74.9 Å². The Balaban J connectivity index is 2.12. The van der Waals surface area contributed by atoms with Crippen LogP contribution in [0.2, 0.25) is 4.34 Å². The summed E-state index contributed by atoms with van der Waals surface area (Å²) in [6, 6.07) is 17.0. The van der Waals surface area contributed by atoms with Gasteiger partial charge in [-0.05, 0) is 23.6 Å². The van der Waals surface area contributed by atoms with Crippen LogP contribution in [0.3, 0.4) is 0 Å². The van der Waals surface area contributed by atoms with E-state index < -0.39 is 0 Å². The van der Waals surface area contributed by atoms with E-state index in [0.717, 1.165) is 16.7 Å². The number of fused-ring (bicyclic) bond motifs is 1. The number of nitrogens with one attached hydrogen (secondary N) is 1. The molecule has 0 aliphatic heterocycles. The standard InChI is InChI=1S/C20H14ClNO2S/c1-11-7-5-6-10-13(11)15-16-17(23)14(12-8-3-2-4-9-12)19(24)22-20(16)25-18(15)21/h2-10H,1H3,(H2,22,23,24). The molecule has 2 aromatic carbocycles. The highest BCUT2D eigenvalue weighted by atomic mass is 35.5. The molecule has 3 nitrogen and oxygen atoms in total. The van der Waals surface area contributed by atoms with Crippen LogP contribution in [0.4, 0.5) is 0 Å². The zero-order valence-corrected chi connectivity index (χ0v) is 14.9. The van der Waals surface area contributed by atoms with Gasteiger partial charge >= 0.3 is 0 Å². The van der Waals surface area contributed by atoms with E-state index in [-0.39, 0.29) is 16.9 Å². The molecule has 0 amide bonds. The number of halogens is 1. The number of thiophene rings is 1. The first-order valence-electron chi connectivity index (χ1n) is 7.76. The number of aromatic hydroxyl groups is 1. The molecule has 0 atom stereocenters. The molecule has 0 radical (unpaired) electrons. The first kappa shape index (κ1) is 15.9. The van der Waals surface area contributed by atoms with Crippen molar-refractivity contribution in [3.63, 3.8) is 0 Å². The Morgan fingerprint density at radius 1 is 1.00 bits per heavy atom. The van der Waals surface area contributed by atoms with Crippen LogP contribution in [-0.4, -0.2) is 10.1 Å². The predicted octanol–water partition coefficient (Wildman–Crippen LogP) is 5.59. The molecule has 0 unspecified atom stereocenters. The summed E-state index contributed by atoms with van der Waals surface area (Å²) in [5.74, 6) is -0.0358. The molecule has 0 aliphatic carbocycles. The van der Waals surface area contributed by atoms with Gasteiger partial charge in [0, 0.05) is 5.56 Å². The predicted molar refractivity (Wildman–Crippen MR) is 105 cm³/mol. The Labute approximate surface area is 153 Å². The first-order valence-corrected chi connectivity index (χ1v) is 8.96. The highest BCUT2D eigenvalue weighted by Crippen LogP contribution is 2.47. The molecule has 4 aromatic rings. The molecular formula is C20H14ClNO2S. The third kappa shape index (κ3) is 2.54. The summed E-state index contributed by atoms with van der Waals surface area (Å²) in [4.78, 5) is 16.0. The van der Waals surface area contributed by atoms with Gasteiger partial charge in [-0.25, -0.2) is 0 Å². The number of rotatable bonds is 2. The average Bonchev–Trinajstić information content (AvgIpc) is 2.92. The van der Waals surface area contributed by atoms with Crippen LogP contribution in [0.25, 0.3) is 32.5 Å². The van der Waals surface area contributed by atoms with Gasteiger partial charge in [-0.15, -0.1) is 11.3 Å². The van der Waals surface area contributed by atoms with Crippen molar-refractivity contribution < 1.29 is 5.11 Å². The average molecular weight is 368 g/mol. The lowest BCUT2D eigenvalue weighted by atomic mass is 9.98. The van der Waals surface area contributed by atoms with Gasteiger partial charge in [-0.1, -0.05) is 66.2 Å². The maximum atomic E-state index is 12.5. The van der Waals surface area contributed by atoms with E-state index in [4.69, 9.17) is 11.6 Å². The summed E-state index contributed by atoms with van der Waals surface area (Å²) in [5.41, 5.74) is 3.35. The summed E-state index contributed by atoms with van der Waals surface area (Å²) >= 11 is 7.75. The van der Waals surface area contributed by atoms with Crippen LogP contribution in [0.1, 0.15) is 5.56 Å². The minimum absolute atomic E-state index is 0.0358. The van der Waals surface area contributed by atoms with Gasteiger partial charge in [-0.2, -0.15) is 0 Å². The number of hydrogen-bond donors (Lipinski definition) is 2. The summed E-state index contributed by atoms with van der Waals surface area (Å²) in [5, 5.41) is 11.5. The van der Waals surface area contributed by atoms with E-state index in [1.54, 1.807) is 12.1 Å². The van der Waals surface area contributed by atoms with Crippen LogP contribution < -0.4 is 5.56 Å².